The number of allylic oxidation sites excluding steroid dienone is 20. The molecule has 0 saturated carbocycles. The van der Waals surface area contributed by atoms with Crippen molar-refractivity contribution in [3.8, 4) is 0 Å². The third-order valence-corrected chi connectivity index (χ3v) is 8.50. The van der Waals surface area contributed by atoms with Crippen LogP contribution < -0.4 is 0 Å². The molecular formula is C46H73NO8P+. The number of hydrogen-bond acceptors (Lipinski definition) is 7. The molecule has 0 aliphatic rings. The van der Waals surface area contributed by atoms with Gasteiger partial charge in [0.15, 0.2) is 6.10 Å². The van der Waals surface area contributed by atoms with Crippen LogP contribution in [0.5, 0.6) is 0 Å². The quantitative estimate of drug-likeness (QED) is 0.0297. The monoisotopic (exact) mass is 799 g/mol. The molecule has 0 rings (SSSR count). The molecule has 1 N–H and O–H groups in total. The van der Waals surface area contributed by atoms with Gasteiger partial charge in [-0.2, -0.15) is 0 Å². The van der Waals surface area contributed by atoms with Gasteiger partial charge in [0, 0.05) is 12.8 Å². The van der Waals surface area contributed by atoms with E-state index in [1.54, 1.807) is 0 Å². The second-order valence-corrected chi connectivity index (χ2v) is 15.4. The Morgan fingerprint density at radius 3 is 1.27 bits per heavy atom. The fourth-order valence-electron chi connectivity index (χ4n) is 4.40. The molecule has 0 aliphatic carbocycles. The van der Waals surface area contributed by atoms with Crippen molar-refractivity contribution < 1.29 is 42.1 Å². The van der Waals surface area contributed by atoms with Crippen LogP contribution in [0.3, 0.4) is 0 Å². The lowest BCUT2D eigenvalue weighted by atomic mass is 10.2. The van der Waals surface area contributed by atoms with Crippen LogP contribution in [0.4, 0.5) is 0 Å². The molecule has 0 bridgehead atoms. The fraction of sp³-hybridized carbons (Fsp3) is 0.522. The molecule has 56 heavy (non-hydrogen) atoms. The van der Waals surface area contributed by atoms with E-state index in [0.29, 0.717) is 23.9 Å². The molecule has 0 amide bonds. The number of phosphoric acid groups is 1. The highest BCUT2D eigenvalue weighted by Gasteiger charge is 2.27. The summed E-state index contributed by atoms with van der Waals surface area (Å²) in [6.07, 6.45) is 51.4. The summed E-state index contributed by atoms with van der Waals surface area (Å²) in [5, 5.41) is 0. The molecular weight excluding hydrogens is 725 g/mol. The largest absolute Gasteiger partial charge is 0.472 e. The minimum absolute atomic E-state index is 0.0000266. The van der Waals surface area contributed by atoms with E-state index < -0.39 is 32.5 Å². The van der Waals surface area contributed by atoms with Gasteiger partial charge >= 0.3 is 19.8 Å². The van der Waals surface area contributed by atoms with Gasteiger partial charge < -0.3 is 18.9 Å². The van der Waals surface area contributed by atoms with E-state index in [9.17, 15) is 19.0 Å². The third-order valence-electron chi connectivity index (χ3n) is 7.51. The number of rotatable bonds is 34. The minimum atomic E-state index is -4.42. The Hall–Kier alpha value is -3.59. The van der Waals surface area contributed by atoms with Crippen LogP contribution in [0, 0.1) is 0 Å². The molecule has 0 radical (unpaired) electrons. The summed E-state index contributed by atoms with van der Waals surface area (Å²) in [4.78, 5) is 35.2. The molecule has 0 spiro atoms. The van der Waals surface area contributed by atoms with Crippen LogP contribution >= 0.6 is 7.82 Å². The second kappa shape index (κ2) is 37.0. The molecule has 0 aromatic rings. The van der Waals surface area contributed by atoms with Gasteiger partial charge in [-0.15, -0.1) is 0 Å². The molecule has 0 fully saturated rings. The summed E-state index contributed by atoms with van der Waals surface area (Å²) in [5.74, 6) is -1.01. The number of nitrogens with zero attached hydrogens (tertiary/aromatic N) is 1. The van der Waals surface area contributed by atoms with Gasteiger partial charge in [0.1, 0.15) is 19.8 Å². The Morgan fingerprint density at radius 1 is 0.536 bits per heavy atom. The van der Waals surface area contributed by atoms with Gasteiger partial charge in [-0.25, -0.2) is 4.57 Å². The molecule has 2 atom stereocenters. The van der Waals surface area contributed by atoms with E-state index in [2.05, 4.69) is 111 Å². The molecule has 9 nitrogen and oxygen atoms in total. The van der Waals surface area contributed by atoms with Gasteiger partial charge in [0.25, 0.3) is 0 Å². The van der Waals surface area contributed by atoms with Crippen molar-refractivity contribution in [2.75, 3.05) is 47.5 Å². The average molecular weight is 799 g/mol. The lowest BCUT2D eigenvalue weighted by molar-refractivity contribution is -0.870. The Kier molecular flexibility index (Phi) is 34.6. The first-order chi connectivity index (χ1) is 27.0. The number of ether oxygens (including phenoxy) is 2. The lowest BCUT2D eigenvalue weighted by Gasteiger charge is -2.24. The number of esters is 2. The van der Waals surface area contributed by atoms with Gasteiger partial charge in [-0.3, -0.25) is 18.6 Å². The lowest BCUT2D eigenvalue weighted by Crippen LogP contribution is -2.37. The smallest absolute Gasteiger partial charge is 0.462 e. The van der Waals surface area contributed by atoms with Crippen molar-refractivity contribution in [3.63, 3.8) is 0 Å². The number of quaternary nitrogens is 1. The number of carbonyl (C=O) groups is 2. The Bertz CT molecular complexity index is 1360. The highest BCUT2D eigenvalue weighted by molar-refractivity contribution is 7.47. The normalized spacial score (nSPS) is 14.9. The first-order valence-electron chi connectivity index (χ1n) is 20.3. The number of carbonyl (C=O) groups excluding carboxylic acids is 2. The molecule has 0 heterocycles. The van der Waals surface area contributed by atoms with Crippen LogP contribution in [-0.4, -0.2) is 74.9 Å². The molecule has 2 unspecified atom stereocenters. The zero-order valence-electron chi connectivity index (χ0n) is 35.1. The topological polar surface area (TPSA) is 108 Å². The standard InChI is InChI=1S/C46H72NO8P/c1-6-8-10-12-14-16-18-20-21-22-23-24-25-27-29-31-33-35-37-39-46(49)55-44(43-54-56(50,51)53-41-40-47(3,4)5)42-52-45(48)38-36-34-32-30-28-26-19-17-15-13-11-9-7-2/h8-11,14-17,20-21,23-24,26-29,32-35,44H,6-7,12-13,18-19,22,25,30-31,36-43H2,1-5H3/p+1/b10-8-,11-9-,16-14-,17-15-,21-20-,24-23-,28-26-,29-27-,34-32-,35-33-. The molecule has 314 valence electrons. The van der Waals surface area contributed by atoms with Gasteiger partial charge in [-0.1, -0.05) is 135 Å². The van der Waals surface area contributed by atoms with Gasteiger partial charge in [0.05, 0.1) is 27.7 Å². The summed E-state index contributed by atoms with van der Waals surface area (Å²) in [6.45, 7) is 3.97. The maximum absolute atomic E-state index is 12.6. The van der Waals surface area contributed by atoms with Crippen molar-refractivity contribution in [2.45, 2.75) is 110 Å². The first-order valence-corrected chi connectivity index (χ1v) is 21.8. The number of likely N-dealkylation sites (N-methyl/N-ethyl adjacent to an activating group) is 1. The van der Waals surface area contributed by atoms with Crippen LogP contribution in [-0.2, 0) is 32.7 Å². The van der Waals surface area contributed by atoms with Crippen LogP contribution in [0.1, 0.15) is 104 Å². The molecule has 0 aliphatic heterocycles. The van der Waals surface area contributed by atoms with E-state index in [4.69, 9.17) is 18.5 Å². The molecule has 10 heteroatoms. The average Bonchev–Trinajstić information content (AvgIpc) is 3.15. The first kappa shape index (κ1) is 52.4. The molecule has 0 aromatic carbocycles. The summed E-state index contributed by atoms with van der Waals surface area (Å²) in [7, 11) is 1.37. The predicted octanol–water partition coefficient (Wildman–Crippen LogP) is 11.3. The number of phosphoric ester groups is 1. The maximum atomic E-state index is 12.6. The maximum Gasteiger partial charge on any atom is 0.472 e. The Balaban J connectivity index is 4.66. The van der Waals surface area contributed by atoms with E-state index >= 15 is 0 Å². The van der Waals surface area contributed by atoms with Crippen molar-refractivity contribution in [1.29, 1.82) is 0 Å². The summed E-state index contributed by atoms with van der Waals surface area (Å²) < 4.78 is 34.0. The fourth-order valence-corrected chi connectivity index (χ4v) is 5.14. The van der Waals surface area contributed by atoms with Gasteiger partial charge in [-0.05, 0) is 77.0 Å². The van der Waals surface area contributed by atoms with Crippen LogP contribution in [0.15, 0.2) is 122 Å². The Labute approximate surface area is 339 Å². The zero-order valence-corrected chi connectivity index (χ0v) is 35.9. The van der Waals surface area contributed by atoms with E-state index in [0.717, 1.165) is 64.2 Å². The summed E-state index contributed by atoms with van der Waals surface area (Å²) in [5.41, 5.74) is 0. The zero-order chi connectivity index (χ0) is 41.4. The second-order valence-electron chi connectivity index (χ2n) is 13.9. The van der Waals surface area contributed by atoms with Crippen molar-refractivity contribution in [3.05, 3.63) is 122 Å². The van der Waals surface area contributed by atoms with Crippen molar-refractivity contribution in [2.24, 2.45) is 0 Å². The van der Waals surface area contributed by atoms with E-state index in [1.807, 2.05) is 45.4 Å². The number of hydrogen-bond donors (Lipinski definition) is 1. The Morgan fingerprint density at radius 2 is 0.893 bits per heavy atom. The van der Waals surface area contributed by atoms with E-state index in [-0.39, 0.29) is 26.1 Å². The molecule has 0 saturated heterocycles. The van der Waals surface area contributed by atoms with Crippen molar-refractivity contribution in [1.82, 2.24) is 0 Å². The highest BCUT2D eigenvalue weighted by Crippen LogP contribution is 2.43. The predicted molar refractivity (Wildman–Crippen MR) is 233 cm³/mol. The van der Waals surface area contributed by atoms with Gasteiger partial charge in [0.2, 0.25) is 0 Å². The van der Waals surface area contributed by atoms with Crippen LogP contribution in [0.2, 0.25) is 0 Å². The van der Waals surface area contributed by atoms with Crippen molar-refractivity contribution >= 4 is 19.8 Å². The van der Waals surface area contributed by atoms with E-state index in [1.165, 1.54) is 0 Å². The summed E-state index contributed by atoms with van der Waals surface area (Å²) >= 11 is 0. The minimum Gasteiger partial charge on any atom is -0.462 e. The SMILES string of the molecule is CC/C=C\C/C=C\C/C=C\C/C=C\C/C=C\C/C=C\CCC(=O)OC(COC(=O)CC/C=C\C/C=C\C/C=C\C/C=C\CC)COP(=O)(O)OCC[N+](C)(C)C. The summed E-state index contributed by atoms with van der Waals surface area (Å²) in [6, 6.07) is 0. The highest BCUT2D eigenvalue weighted by atomic mass is 31.2. The van der Waals surface area contributed by atoms with Crippen LogP contribution in [0.25, 0.3) is 0 Å². The molecule has 0 aromatic heterocycles. The third kappa shape index (κ3) is 40.1.